The molecular formula is C29H24N2O5. The number of aromatic nitrogens is 1. The summed E-state index contributed by atoms with van der Waals surface area (Å²) in [6.07, 6.45) is 1.82. The van der Waals surface area contributed by atoms with Gasteiger partial charge in [0.1, 0.15) is 12.4 Å². The van der Waals surface area contributed by atoms with E-state index in [4.69, 9.17) is 14.2 Å². The summed E-state index contributed by atoms with van der Waals surface area (Å²) < 4.78 is 16.8. The zero-order chi connectivity index (χ0) is 25.3. The van der Waals surface area contributed by atoms with Crippen molar-refractivity contribution in [3.05, 3.63) is 101 Å². The van der Waals surface area contributed by atoms with Gasteiger partial charge in [-0.05, 0) is 35.4 Å². The fourth-order valence-corrected chi connectivity index (χ4v) is 4.59. The van der Waals surface area contributed by atoms with Crippen LogP contribution in [0.4, 0.5) is 0 Å². The van der Waals surface area contributed by atoms with E-state index in [9.17, 15) is 14.9 Å². The molecule has 1 N–H and O–H groups in total. The van der Waals surface area contributed by atoms with Crippen molar-refractivity contribution in [2.75, 3.05) is 0 Å². The number of esters is 2. The molecule has 5 rings (SSSR count). The van der Waals surface area contributed by atoms with E-state index in [1.165, 1.54) is 13.8 Å². The molecule has 180 valence electrons. The Hall–Kier alpha value is -4.57. The highest BCUT2D eigenvalue weighted by Gasteiger charge is 2.48. The molecule has 0 radical (unpaired) electrons. The van der Waals surface area contributed by atoms with E-state index >= 15 is 0 Å². The number of carbonyl (C=O) groups excluding carboxylic acids is 2. The van der Waals surface area contributed by atoms with E-state index < -0.39 is 29.6 Å². The normalized spacial score (nSPS) is 16.1. The smallest absolute Gasteiger partial charge is 0.324 e. The number of benzene rings is 3. The standard InChI is InChI=1S/C29H24N2O5/c1-29(2)35-27(32)26(28(33)36-29)25(23-16-31-24-10-6-5-9-22(23)24)18-11-13-21(14-12-18)34-17-20-8-4-3-7-19(20)15-30/h3-14,16,25-26,31H,17H2,1-2H3/t25-/m1/s1. The lowest BCUT2D eigenvalue weighted by Gasteiger charge is -2.36. The maximum atomic E-state index is 13.1. The van der Waals surface area contributed by atoms with Crippen molar-refractivity contribution in [1.82, 2.24) is 4.98 Å². The number of ether oxygens (including phenoxy) is 3. The number of hydrogen-bond acceptors (Lipinski definition) is 6. The van der Waals surface area contributed by atoms with Crippen molar-refractivity contribution in [1.29, 1.82) is 5.26 Å². The number of fused-ring (bicyclic) bond motifs is 1. The Morgan fingerprint density at radius 1 is 0.972 bits per heavy atom. The van der Waals surface area contributed by atoms with Gasteiger partial charge in [0.2, 0.25) is 0 Å². The molecule has 1 saturated heterocycles. The molecule has 1 aliphatic rings. The molecule has 7 nitrogen and oxygen atoms in total. The van der Waals surface area contributed by atoms with Gasteiger partial charge in [0.25, 0.3) is 5.79 Å². The van der Waals surface area contributed by atoms with Crippen LogP contribution in [0.2, 0.25) is 0 Å². The van der Waals surface area contributed by atoms with Gasteiger partial charge in [0.05, 0.1) is 11.6 Å². The molecule has 3 aromatic carbocycles. The van der Waals surface area contributed by atoms with Gasteiger partial charge >= 0.3 is 11.9 Å². The Bertz CT molecular complexity index is 1460. The zero-order valence-corrected chi connectivity index (χ0v) is 19.9. The first-order chi connectivity index (χ1) is 17.4. The number of rotatable bonds is 6. The molecule has 2 heterocycles. The minimum absolute atomic E-state index is 0.241. The van der Waals surface area contributed by atoms with Crippen LogP contribution in [0, 0.1) is 17.2 Å². The van der Waals surface area contributed by atoms with Gasteiger partial charge in [0, 0.05) is 42.4 Å². The highest BCUT2D eigenvalue weighted by molar-refractivity contribution is 5.99. The van der Waals surface area contributed by atoms with Crippen LogP contribution in [0.1, 0.15) is 42.0 Å². The van der Waals surface area contributed by atoms with Crippen molar-refractivity contribution < 1.29 is 23.8 Å². The number of H-pyrrole nitrogens is 1. The Labute approximate surface area is 208 Å². The van der Waals surface area contributed by atoms with Crippen molar-refractivity contribution in [2.24, 2.45) is 5.92 Å². The van der Waals surface area contributed by atoms with Crippen LogP contribution in [0.15, 0.2) is 79.0 Å². The molecule has 0 bridgehead atoms. The second-order valence-electron chi connectivity index (χ2n) is 9.11. The number of carbonyl (C=O) groups is 2. The number of nitrogens with one attached hydrogen (secondary N) is 1. The average Bonchev–Trinajstić information content (AvgIpc) is 3.28. The lowest BCUT2D eigenvalue weighted by molar-refractivity contribution is -0.240. The van der Waals surface area contributed by atoms with Crippen LogP contribution in [-0.2, 0) is 25.7 Å². The van der Waals surface area contributed by atoms with E-state index in [-0.39, 0.29) is 6.61 Å². The summed E-state index contributed by atoms with van der Waals surface area (Å²) in [5, 5.41) is 10.2. The number of hydrogen-bond donors (Lipinski definition) is 1. The molecule has 0 aliphatic carbocycles. The van der Waals surface area contributed by atoms with Gasteiger partial charge in [0.15, 0.2) is 5.92 Å². The largest absolute Gasteiger partial charge is 0.489 e. The first kappa shape index (κ1) is 23.2. The molecule has 0 amide bonds. The molecular weight excluding hydrogens is 456 g/mol. The number of nitriles is 1. The summed E-state index contributed by atoms with van der Waals surface area (Å²) in [4.78, 5) is 29.4. The van der Waals surface area contributed by atoms with E-state index in [1.54, 1.807) is 18.2 Å². The average molecular weight is 481 g/mol. The first-order valence-electron chi connectivity index (χ1n) is 11.6. The van der Waals surface area contributed by atoms with Crippen molar-refractivity contribution >= 4 is 22.8 Å². The van der Waals surface area contributed by atoms with Crippen LogP contribution < -0.4 is 4.74 Å². The van der Waals surface area contributed by atoms with Gasteiger partial charge < -0.3 is 19.2 Å². The second kappa shape index (κ2) is 9.23. The van der Waals surface area contributed by atoms with E-state index in [1.807, 2.05) is 60.8 Å². The third-order valence-corrected chi connectivity index (χ3v) is 6.26. The minimum Gasteiger partial charge on any atom is -0.489 e. The summed E-state index contributed by atoms with van der Waals surface area (Å²) >= 11 is 0. The predicted octanol–water partition coefficient (Wildman–Crippen LogP) is 5.20. The third-order valence-electron chi connectivity index (χ3n) is 6.26. The van der Waals surface area contributed by atoms with Crippen LogP contribution in [-0.4, -0.2) is 22.7 Å². The summed E-state index contributed by atoms with van der Waals surface area (Å²) in [6.45, 7) is 3.32. The molecule has 7 heteroatoms. The molecule has 0 unspecified atom stereocenters. The van der Waals surface area contributed by atoms with E-state index in [2.05, 4.69) is 11.1 Å². The SMILES string of the molecule is CC1(C)OC(=O)C([C@H](c2ccc(OCc3ccccc3C#N)cc2)c2c[nH]c3ccccc23)C(=O)O1. The van der Waals surface area contributed by atoms with Gasteiger partial charge in [-0.2, -0.15) is 5.26 Å². The van der Waals surface area contributed by atoms with Crippen LogP contribution in [0.5, 0.6) is 5.75 Å². The molecule has 4 aromatic rings. The van der Waals surface area contributed by atoms with E-state index in [0.717, 1.165) is 27.6 Å². The topological polar surface area (TPSA) is 101 Å². The van der Waals surface area contributed by atoms with Crippen LogP contribution in [0.3, 0.4) is 0 Å². The summed E-state index contributed by atoms with van der Waals surface area (Å²) in [5.41, 5.74) is 3.78. The second-order valence-corrected chi connectivity index (χ2v) is 9.11. The highest BCUT2D eigenvalue weighted by Crippen LogP contribution is 2.41. The molecule has 0 saturated carbocycles. The number of para-hydroxylation sites is 1. The van der Waals surface area contributed by atoms with Gasteiger partial charge in [-0.1, -0.05) is 48.5 Å². The molecule has 1 aromatic heterocycles. The minimum atomic E-state index is -1.31. The van der Waals surface area contributed by atoms with Crippen LogP contribution in [0.25, 0.3) is 10.9 Å². The fourth-order valence-electron chi connectivity index (χ4n) is 4.59. The van der Waals surface area contributed by atoms with E-state index in [0.29, 0.717) is 11.3 Å². The van der Waals surface area contributed by atoms with Crippen molar-refractivity contribution in [3.8, 4) is 11.8 Å². The molecule has 1 fully saturated rings. The Kier molecular flexibility index (Phi) is 5.95. The number of aromatic amines is 1. The lowest BCUT2D eigenvalue weighted by Crippen LogP contribution is -2.48. The third kappa shape index (κ3) is 4.41. The molecule has 36 heavy (non-hydrogen) atoms. The Balaban J connectivity index is 1.49. The zero-order valence-electron chi connectivity index (χ0n) is 19.9. The number of cyclic esters (lactones) is 2. The number of nitrogens with zero attached hydrogens (tertiary/aromatic N) is 1. The Morgan fingerprint density at radius 3 is 2.36 bits per heavy atom. The summed E-state index contributed by atoms with van der Waals surface area (Å²) in [5.74, 6) is -3.76. The van der Waals surface area contributed by atoms with Gasteiger partial charge in [-0.25, -0.2) is 0 Å². The lowest BCUT2D eigenvalue weighted by atomic mass is 9.80. The van der Waals surface area contributed by atoms with Crippen LogP contribution >= 0.6 is 0 Å². The molecule has 1 atom stereocenters. The fraction of sp³-hybridized carbons (Fsp3) is 0.207. The summed E-state index contributed by atoms with van der Waals surface area (Å²) in [6, 6.07) is 24.4. The molecule has 1 aliphatic heterocycles. The maximum Gasteiger partial charge on any atom is 0.324 e. The molecule has 0 spiro atoms. The predicted molar refractivity (Wildman–Crippen MR) is 132 cm³/mol. The first-order valence-corrected chi connectivity index (χ1v) is 11.6. The summed E-state index contributed by atoms with van der Waals surface area (Å²) in [7, 11) is 0. The monoisotopic (exact) mass is 480 g/mol. The quantitative estimate of drug-likeness (QED) is 0.301. The van der Waals surface area contributed by atoms with Gasteiger partial charge in [-0.3, -0.25) is 9.59 Å². The van der Waals surface area contributed by atoms with Crippen molar-refractivity contribution in [2.45, 2.75) is 32.2 Å². The maximum absolute atomic E-state index is 13.1. The highest BCUT2D eigenvalue weighted by atomic mass is 16.7. The Morgan fingerprint density at radius 2 is 1.64 bits per heavy atom. The van der Waals surface area contributed by atoms with Gasteiger partial charge in [-0.15, -0.1) is 0 Å². The van der Waals surface area contributed by atoms with Crippen molar-refractivity contribution in [3.63, 3.8) is 0 Å².